The van der Waals surface area contributed by atoms with Crippen LogP contribution in [0.1, 0.15) is 73.6 Å². The number of carbonyl (C=O) groups is 3. The number of carboxylic acid groups (broad SMARTS) is 1. The van der Waals surface area contributed by atoms with Crippen molar-refractivity contribution in [2.75, 3.05) is 13.1 Å². The summed E-state index contributed by atoms with van der Waals surface area (Å²) in [6, 6.07) is 6.41. The maximum Gasteiger partial charge on any atom is 0.329 e. The van der Waals surface area contributed by atoms with Crippen LogP contribution in [0.4, 0.5) is 0 Å². The number of carbonyl (C=O) groups excluding carboxylic acids is 2. The number of rotatable bonds is 7. The minimum absolute atomic E-state index is 0.0770. The van der Waals surface area contributed by atoms with Gasteiger partial charge in [0.1, 0.15) is 5.54 Å². The zero-order valence-electron chi connectivity index (χ0n) is 16.5. The number of carboxylic acids is 1. The molecule has 6 heteroatoms. The highest BCUT2D eigenvalue weighted by Gasteiger charge is 2.43. The zero-order chi connectivity index (χ0) is 20.0. The average molecular weight is 374 g/mol. The minimum atomic E-state index is -1.20. The monoisotopic (exact) mass is 374 g/mol. The van der Waals surface area contributed by atoms with Gasteiger partial charge in [-0.1, -0.05) is 13.3 Å². The van der Waals surface area contributed by atoms with Gasteiger partial charge in [-0.25, -0.2) is 4.79 Å². The Labute approximate surface area is 160 Å². The van der Waals surface area contributed by atoms with Crippen LogP contribution in [0.5, 0.6) is 0 Å². The highest BCUT2D eigenvalue weighted by Crippen LogP contribution is 2.34. The first kappa shape index (κ1) is 20.9. The van der Waals surface area contributed by atoms with E-state index in [0.717, 1.165) is 19.3 Å². The number of benzene rings is 1. The van der Waals surface area contributed by atoms with Gasteiger partial charge < -0.3 is 15.3 Å². The maximum atomic E-state index is 12.6. The van der Waals surface area contributed by atoms with Gasteiger partial charge in [0.05, 0.1) is 0 Å². The van der Waals surface area contributed by atoms with Crippen molar-refractivity contribution in [1.82, 2.24) is 10.2 Å². The standard InChI is InChI=1S/C21H30N2O4/c1-4-15-11-13-21(14-12-15,20(26)27)22-18(24)16-7-9-17(10-8-16)19(25)23(5-2)6-3/h7-10,15H,4-6,11-14H2,1-3H3,(H,22,24)(H,26,27). The second kappa shape index (κ2) is 9.02. The van der Waals surface area contributed by atoms with E-state index in [1.54, 1.807) is 29.2 Å². The highest BCUT2D eigenvalue weighted by molar-refractivity contribution is 5.99. The van der Waals surface area contributed by atoms with Crippen LogP contribution < -0.4 is 5.32 Å². The first-order chi connectivity index (χ1) is 12.9. The molecule has 0 radical (unpaired) electrons. The van der Waals surface area contributed by atoms with Crippen molar-refractivity contribution in [3.05, 3.63) is 35.4 Å². The van der Waals surface area contributed by atoms with E-state index < -0.39 is 17.4 Å². The summed E-state index contributed by atoms with van der Waals surface area (Å²) in [6.07, 6.45) is 3.54. The summed E-state index contributed by atoms with van der Waals surface area (Å²) < 4.78 is 0. The maximum absolute atomic E-state index is 12.6. The van der Waals surface area contributed by atoms with Crippen molar-refractivity contribution < 1.29 is 19.5 Å². The Morgan fingerprint density at radius 2 is 1.56 bits per heavy atom. The first-order valence-corrected chi connectivity index (χ1v) is 9.82. The van der Waals surface area contributed by atoms with E-state index in [1.807, 2.05) is 13.8 Å². The fourth-order valence-corrected chi connectivity index (χ4v) is 3.72. The highest BCUT2D eigenvalue weighted by atomic mass is 16.4. The molecule has 1 aromatic rings. The van der Waals surface area contributed by atoms with Gasteiger partial charge in [0, 0.05) is 24.2 Å². The summed E-state index contributed by atoms with van der Waals surface area (Å²) >= 11 is 0. The summed E-state index contributed by atoms with van der Waals surface area (Å²) in [7, 11) is 0. The molecule has 0 aliphatic heterocycles. The SMILES string of the molecule is CCC1CCC(NC(=O)c2ccc(C(=O)N(CC)CC)cc2)(C(=O)O)CC1. The van der Waals surface area contributed by atoms with E-state index in [-0.39, 0.29) is 5.91 Å². The Bertz CT molecular complexity index is 672. The first-order valence-electron chi connectivity index (χ1n) is 9.82. The predicted octanol–water partition coefficient (Wildman–Crippen LogP) is 3.32. The summed E-state index contributed by atoms with van der Waals surface area (Å²) in [4.78, 5) is 38.6. The average Bonchev–Trinajstić information content (AvgIpc) is 2.69. The lowest BCUT2D eigenvalue weighted by atomic mass is 9.75. The largest absolute Gasteiger partial charge is 0.480 e. The molecule has 0 bridgehead atoms. The number of amides is 2. The summed E-state index contributed by atoms with van der Waals surface area (Å²) in [6.45, 7) is 7.19. The Hall–Kier alpha value is -2.37. The molecule has 1 aliphatic rings. The molecular formula is C21H30N2O4. The van der Waals surface area contributed by atoms with Crippen molar-refractivity contribution in [2.24, 2.45) is 5.92 Å². The molecule has 1 aliphatic carbocycles. The van der Waals surface area contributed by atoms with Crippen LogP contribution in [-0.4, -0.2) is 46.4 Å². The lowest BCUT2D eigenvalue weighted by Gasteiger charge is -2.37. The topological polar surface area (TPSA) is 86.7 Å². The number of aliphatic carboxylic acids is 1. The zero-order valence-corrected chi connectivity index (χ0v) is 16.5. The Kier molecular flexibility index (Phi) is 6.99. The van der Waals surface area contributed by atoms with E-state index in [0.29, 0.717) is 43.0 Å². The van der Waals surface area contributed by atoms with Crippen LogP contribution in [0.2, 0.25) is 0 Å². The molecule has 27 heavy (non-hydrogen) atoms. The van der Waals surface area contributed by atoms with Crippen LogP contribution in [0.25, 0.3) is 0 Å². The fraction of sp³-hybridized carbons (Fsp3) is 0.571. The summed E-state index contributed by atoms with van der Waals surface area (Å²) in [5.41, 5.74) is -0.311. The molecule has 0 heterocycles. The van der Waals surface area contributed by atoms with Gasteiger partial charge in [-0.3, -0.25) is 9.59 Å². The van der Waals surface area contributed by atoms with Gasteiger partial charge in [0.2, 0.25) is 0 Å². The third-order valence-corrected chi connectivity index (χ3v) is 5.74. The van der Waals surface area contributed by atoms with Gasteiger partial charge in [0.15, 0.2) is 0 Å². The molecule has 6 nitrogen and oxygen atoms in total. The van der Waals surface area contributed by atoms with Gasteiger partial charge in [-0.05, 0) is 69.7 Å². The molecule has 0 aromatic heterocycles. The van der Waals surface area contributed by atoms with E-state index in [2.05, 4.69) is 12.2 Å². The van der Waals surface area contributed by atoms with Gasteiger partial charge in [-0.2, -0.15) is 0 Å². The molecule has 1 aromatic carbocycles. The summed E-state index contributed by atoms with van der Waals surface area (Å²) in [5.74, 6) is -0.931. The third-order valence-electron chi connectivity index (χ3n) is 5.74. The number of nitrogens with zero attached hydrogens (tertiary/aromatic N) is 1. The lowest BCUT2D eigenvalue weighted by Crippen LogP contribution is -2.56. The molecule has 1 saturated carbocycles. The van der Waals surface area contributed by atoms with Crippen LogP contribution in [-0.2, 0) is 4.79 Å². The molecule has 148 valence electrons. The Balaban J connectivity index is 2.10. The smallest absolute Gasteiger partial charge is 0.329 e. The normalized spacial score (nSPS) is 22.1. The lowest BCUT2D eigenvalue weighted by molar-refractivity contribution is -0.146. The number of hydrogen-bond donors (Lipinski definition) is 2. The molecule has 0 atom stereocenters. The van der Waals surface area contributed by atoms with Crippen LogP contribution in [0.3, 0.4) is 0 Å². The van der Waals surface area contributed by atoms with E-state index in [4.69, 9.17) is 0 Å². The van der Waals surface area contributed by atoms with E-state index >= 15 is 0 Å². The van der Waals surface area contributed by atoms with Crippen molar-refractivity contribution in [3.8, 4) is 0 Å². The van der Waals surface area contributed by atoms with Crippen LogP contribution in [0.15, 0.2) is 24.3 Å². The molecule has 2 N–H and O–H groups in total. The predicted molar refractivity (Wildman–Crippen MR) is 104 cm³/mol. The van der Waals surface area contributed by atoms with Crippen molar-refractivity contribution in [3.63, 3.8) is 0 Å². The second-order valence-corrected chi connectivity index (χ2v) is 7.25. The molecule has 2 amide bonds. The minimum Gasteiger partial charge on any atom is -0.480 e. The fourth-order valence-electron chi connectivity index (χ4n) is 3.72. The Morgan fingerprint density at radius 3 is 2.00 bits per heavy atom. The molecule has 0 unspecified atom stereocenters. The molecule has 2 rings (SSSR count). The summed E-state index contributed by atoms with van der Waals surface area (Å²) in [5, 5.41) is 12.5. The van der Waals surface area contributed by atoms with Crippen LogP contribution >= 0.6 is 0 Å². The molecular weight excluding hydrogens is 344 g/mol. The number of hydrogen-bond acceptors (Lipinski definition) is 3. The molecule has 0 spiro atoms. The van der Waals surface area contributed by atoms with E-state index in [1.165, 1.54) is 0 Å². The number of nitrogens with one attached hydrogen (secondary N) is 1. The van der Waals surface area contributed by atoms with Gasteiger partial charge >= 0.3 is 5.97 Å². The van der Waals surface area contributed by atoms with Crippen molar-refractivity contribution in [2.45, 2.75) is 58.4 Å². The second-order valence-electron chi connectivity index (χ2n) is 7.25. The van der Waals surface area contributed by atoms with Crippen molar-refractivity contribution >= 4 is 17.8 Å². The van der Waals surface area contributed by atoms with Gasteiger partial charge in [0.25, 0.3) is 11.8 Å². The van der Waals surface area contributed by atoms with E-state index in [9.17, 15) is 19.5 Å². The molecule has 1 fully saturated rings. The van der Waals surface area contributed by atoms with Crippen molar-refractivity contribution in [1.29, 1.82) is 0 Å². The van der Waals surface area contributed by atoms with Crippen LogP contribution in [0, 0.1) is 5.92 Å². The molecule has 0 saturated heterocycles. The van der Waals surface area contributed by atoms with Gasteiger partial charge in [-0.15, -0.1) is 0 Å². The third kappa shape index (κ3) is 4.67. The Morgan fingerprint density at radius 1 is 1.04 bits per heavy atom. The quantitative estimate of drug-likeness (QED) is 0.766.